The molecule has 0 unspecified atom stereocenters. The first-order chi connectivity index (χ1) is 10.6. The molecule has 0 spiro atoms. The molecule has 0 bridgehead atoms. The number of benzene rings is 1. The van der Waals surface area contributed by atoms with Crippen LogP contribution in [0, 0.1) is 5.82 Å². The number of rotatable bonds is 4. The minimum atomic E-state index is -0.965. The molecular weight excluding hydrogens is 309 g/mol. The van der Waals surface area contributed by atoms with E-state index in [1.165, 1.54) is 6.07 Å². The lowest BCUT2D eigenvalue weighted by Crippen LogP contribution is -2.33. The Kier molecular flexibility index (Phi) is 4.44. The number of hydrogen-bond acceptors (Lipinski definition) is 4. The van der Waals surface area contributed by atoms with Crippen LogP contribution in [0.4, 0.5) is 4.39 Å². The van der Waals surface area contributed by atoms with Gasteiger partial charge in [0.1, 0.15) is 11.9 Å². The normalized spacial score (nSPS) is 16.5. The minimum absolute atomic E-state index is 0.303. The van der Waals surface area contributed by atoms with Gasteiger partial charge in [-0.3, -0.25) is 9.58 Å². The molecule has 0 amide bonds. The highest BCUT2D eigenvalue weighted by Crippen LogP contribution is 2.24. The Hall–Kier alpha value is -1.47. The lowest BCUT2D eigenvalue weighted by molar-refractivity contribution is 0.0915. The summed E-state index contributed by atoms with van der Waals surface area (Å²) in [5, 5.41) is 23.3. The maximum Gasteiger partial charge on any atom is 0.129 e. The predicted molar refractivity (Wildman–Crippen MR) is 79.8 cm³/mol. The molecule has 2 N–H and O–H groups in total. The van der Waals surface area contributed by atoms with E-state index in [2.05, 4.69) is 10.00 Å². The minimum Gasteiger partial charge on any atom is -0.393 e. The van der Waals surface area contributed by atoms with E-state index in [1.54, 1.807) is 18.2 Å². The van der Waals surface area contributed by atoms with Gasteiger partial charge in [-0.2, -0.15) is 5.10 Å². The highest BCUT2D eigenvalue weighted by atomic mass is 35.5. The van der Waals surface area contributed by atoms with Crippen molar-refractivity contribution in [2.45, 2.75) is 25.7 Å². The Bertz CT molecular complexity index is 657. The molecule has 1 aliphatic heterocycles. The number of fused-ring (bicyclic) bond motifs is 1. The van der Waals surface area contributed by atoms with Crippen molar-refractivity contribution in [1.29, 1.82) is 0 Å². The monoisotopic (exact) mass is 325 g/mol. The molecule has 7 heteroatoms. The standard InChI is InChI=1S/C15H17ClFN3O2/c16-12-2-1-3-13(17)11(12)8-19-4-5-20-10(7-19)6-14(18-20)15(22)9-21/h1-3,6,15,21-22H,4-5,7-9H2/t15-/m0/s1. The second-order valence-corrected chi connectivity index (χ2v) is 5.80. The summed E-state index contributed by atoms with van der Waals surface area (Å²) in [5.41, 5.74) is 1.89. The summed E-state index contributed by atoms with van der Waals surface area (Å²) in [7, 11) is 0. The van der Waals surface area contributed by atoms with Crippen molar-refractivity contribution >= 4 is 11.6 Å². The molecule has 22 heavy (non-hydrogen) atoms. The molecule has 0 saturated carbocycles. The molecule has 118 valence electrons. The van der Waals surface area contributed by atoms with Gasteiger partial charge in [0.25, 0.3) is 0 Å². The lowest BCUT2D eigenvalue weighted by atomic mass is 10.1. The summed E-state index contributed by atoms with van der Waals surface area (Å²) in [6, 6.07) is 6.46. The van der Waals surface area contributed by atoms with Crippen LogP contribution in [0.25, 0.3) is 0 Å². The van der Waals surface area contributed by atoms with Crippen LogP contribution in [0.1, 0.15) is 23.1 Å². The van der Waals surface area contributed by atoms with Gasteiger partial charge in [-0.05, 0) is 18.2 Å². The summed E-state index contributed by atoms with van der Waals surface area (Å²) < 4.78 is 15.7. The smallest absolute Gasteiger partial charge is 0.129 e. The molecule has 3 rings (SSSR count). The van der Waals surface area contributed by atoms with E-state index in [9.17, 15) is 9.50 Å². The topological polar surface area (TPSA) is 61.5 Å². The van der Waals surface area contributed by atoms with Crippen molar-refractivity contribution in [3.05, 3.63) is 52.1 Å². The zero-order valence-electron chi connectivity index (χ0n) is 11.9. The summed E-state index contributed by atoms with van der Waals surface area (Å²) >= 11 is 6.07. The van der Waals surface area contributed by atoms with E-state index in [0.717, 1.165) is 5.69 Å². The molecule has 5 nitrogen and oxygen atoms in total. The maximum atomic E-state index is 13.9. The van der Waals surface area contributed by atoms with Crippen molar-refractivity contribution in [2.75, 3.05) is 13.2 Å². The highest BCUT2D eigenvalue weighted by molar-refractivity contribution is 6.31. The van der Waals surface area contributed by atoms with Crippen LogP contribution in [0.3, 0.4) is 0 Å². The third kappa shape index (κ3) is 3.01. The average molecular weight is 326 g/mol. The number of aliphatic hydroxyl groups is 2. The molecule has 1 atom stereocenters. The maximum absolute atomic E-state index is 13.9. The number of nitrogens with zero attached hydrogens (tertiary/aromatic N) is 3. The van der Waals surface area contributed by atoms with E-state index >= 15 is 0 Å². The largest absolute Gasteiger partial charge is 0.393 e. The zero-order chi connectivity index (χ0) is 15.7. The second-order valence-electron chi connectivity index (χ2n) is 5.39. The van der Waals surface area contributed by atoms with Gasteiger partial charge in [0, 0.05) is 30.2 Å². The quantitative estimate of drug-likeness (QED) is 0.898. The Balaban J connectivity index is 1.76. The van der Waals surface area contributed by atoms with Crippen LogP contribution in [-0.4, -0.2) is 38.0 Å². The van der Waals surface area contributed by atoms with Gasteiger partial charge >= 0.3 is 0 Å². The van der Waals surface area contributed by atoms with Crippen LogP contribution >= 0.6 is 11.6 Å². The van der Waals surface area contributed by atoms with Crippen molar-refractivity contribution in [2.24, 2.45) is 0 Å². The molecule has 0 fully saturated rings. The van der Waals surface area contributed by atoms with E-state index in [0.29, 0.717) is 42.5 Å². The highest BCUT2D eigenvalue weighted by Gasteiger charge is 2.22. The van der Waals surface area contributed by atoms with Gasteiger partial charge in [-0.15, -0.1) is 0 Å². The fourth-order valence-corrected chi connectivity index (χ4v) is 2.86. The van der Waals surface area contributed by atoms with Crippen LogP contribution in [0.5, 0.6) is 0 Å². The molecule has 0 aliphatic carbocycles. The van der Waals surface area contributed by atoms with Gasteiger partial charge in [0.15, 0.2) is 0 Å². The van der Waals surface area contributed by atoms with Gasteiger partial charge in [0.2, 0.25) is 0 Å². The first kappa shape index (κ1) is 15.4. The van der Waals surface area contributed by atoms with Crippen LogP contribution < -0.4 is 0 Å². The van der Waals surface area contributed by atoms with Crippen LogP contribution in [-0.2, 0) is 19.6 Å². The van der Waals surface area contributed by atoms with Crippen LogP contribution in [0.15, 0.2) is 24.3 Å². The van der Waals surface area contributed by atoms with Crippen molar-refractivity contribution in [1.82, 2.24) is 14.7 Å². The molecule has 0 saturated heterocycles. The fraction of sp³-hybridized carbons (Fsp3) is 0.400. The molecule has 1 aliphatic rings. The van der Waals surface area contributed by atoms with Gasteiger partial charge in [-0.25, -0.2) is 4.39 Å². The van der Waals surface area contributed by atoms with E-state index in [4.69, 9.17) is 16.7 Å². The summed E-state index contributed by atoms with van der Waals surface area (Å²) in [6.07, 6.45) is -0.965. The Morgan fingerprint density at radius 2 is 2.18 bits per heavy atom. The van der Waals surface area contributed by atoms with Crippen molar-refractivity contribution < 1.29 is 14.6 Å². The van der Waals surface area contributed by atoms with Gasteiger partial charge in [0.05, 0.1) is 24.5 Å². The molecule has 1 aromatic heterocycles. The van der Waals surface area contributed by atoms with Gasteiger partial charge in [-0.1, -0.05) is 17.7 Å². The summed E-state index contributed by atoms with van der Waals surface area (Å²) in [4.78, 5) is 2.08. The first-order valence-corrected chi connectivity index (χ1v) is 7.47. The molecule has 1 aromatic carbocycles. The molecule has 2 heterocycles. The van der Waals surface area contributed by atoms with E-state index in [1.807, 2.05) is 4.68 Å². The summed E-state index contributed by atoms with van der Waals surface area (Å²) in [6.45, 7) is 2.03. The number of hydrogen-bond donors (Lipinski definition) is 2. The van der Waals surface area contributed by atoms with Crippen molar-refractivity contribution in [3.63, 3.8) is 0 Å². The third-order valence-corrected chi connectivity index (χ3v) is 4.21. The van der Waals surface area contributed by atoms with E-state index in [-0.39, 0.29) is 12.4 Å². The zero-order valence-corrected chi connectivity index (χ0v) is 12.7. The Morgan fingerprint density at radius 1 is 1.36 bits per heavy atom. The van der Waals surface area contributed by atoms with Crippen LogP contribution in [0.2, 0.25) is 5.02 Å². The second kappa shape index (κ2) is 6.34. The lowest BCUT2D eigenvalue weighted by Gasteiger charge is -2.27. The Labute approximate surface area is 132 Å². The average Bonchev–Trinajstić information content (AvgIpc) is 2.93. The number of aliphatic hydroxyl groups excluding tert-OH is 2. The SMILES string of the molecule is OC[C@H](O)c1cc2n(n1)CCN(Cc1c(F)cccc1Cl)C2. The number of aromatic nitrogens is 2. The third-order valence-electron chi connectivity index (χ3n) is 3.85. The van der Waals surface area contributed by atoms with E-state index < -0.39 is 6.10 Å². The first-order valence-electron chi connectivity index (χ1n) is 7.09. The fourth-order valence-electron chi connectivity index (χ4n) is 2.64. The predicted octanol–water partition coefficient (Wildman–Crippen LogP) is 1.72. The van der Waals surface area contributed by atoms with Gasteiger partial charge < -0.3 is 10.2 Å². The molecular formula is C15H17ClFN3O2. The Morgan fingerprint density at radius 3 is 2.91 bits per heavy atom. The number of halogens is 2. The van der Waals surface area contributed by atoms with Crippen molar-refractivity contribution in [3.8, 4) is 0 Å². The summed E-state index contributed by atoms with van der Waals surface area (Å²) in [5.74, 6) is -0.303. The molecule has 2 aromatic rings. The molecule has 0 radical (unpaired) electrons.